The number of anilines is 1. The van der Waals surface area contributed by atoms with Gasteiger partial charge in [0.1, 0.15) is 17.1 Å². The molecular formula is C30H31ClFN5O2. The number of fused-ring (bicyclic) bond motifs is 4. The van der Waals surface area contributed by atoms with Gasteiger partial charge in [-0.1, -0.05) is 35.9 Å². The van der Waals surface area contributed by atoms with Crippen molar-refractivity contribution in [2.24, 2.45) is 5.92 Å². The van der Waals surface area contributed by atoms with Crippen molar-refractivity contribution in [1.82, 2.24) is 20.6 Å². The van der Waals surface area contributed by atoms with Gasteiger partial charge in [0.05, 0.1) is 11.6 Å². The number of nitrogens with zero attached hydrogens (tertiary/aromatic N) is 3. The molecule has 39 heavy (non-hydrogen) atoms. The Morgan fingerprint density at radius 1 is 1.18 bits per heavy atom. The predicted octanol–water partition coefficient (Wildman–Crippen LogP) is 5.27. The number of phenols is 1. The monoisotopic (exact) mass is 547 g/mol. The third-order valence-electron chi connectivity index (χ3n) is 8.45. The van der Waals surface area contributed by atoms with Gasteiger partial charge in [0, 0.05) is 48.1 Å². The smallest absolute Gasteiger partial charge is 0.319 e. The number of aromatic hydroxyl groups is 1. The highest BCUT2D eigenvalue weighted by molar-refractivity contribution is 6.35. The van der Waals surface area contributed by atoms with Crippen LogP contribution in [0.1, 0.15) is 26.2 Å². The number of benzene rings is 3. The van der Waals surface area contributed by atoms with Crippen LogP contribution in [0.15, 0.2) is 42.5 Å². The van der Waals surface area contributed by atoms with Crippen LogP contribution in [0.25, 0.3) is 32.8 Å². The van der Waals surface area contributed by atoms with Gasteiger partial charge in [-0.05, 0) is 67.3 Å². The Labute approximate surface area is 231 Å². The van der Waals surface area contributed by atoms with Crippen LogP contribution < -0.4 is 20.3 Å². The van der Waals surface area contributed by atoms with Crippen molar-refractivity contribution in [3.63, 3.8) is 0 Å². The van der Waals surface area contributed by atoms with E-state index in [1.54, 1.807) is 18.2 Å². The number of rotatable bonds is 5. The predicted molar refractivity (Wildman–Crippen MR) is 152 cm³/mol. The molecule has 3 fully saturated rings. The summed E-state index contributed by atoms with van der Waals surface area (Å²) in [5.41, 5.74) is 0.864. The number of hydrogen-bond donors (Lipinski definition) is 3. The Bertz CT molecular complexity index is 1590. The van der Waals surface area contributed by atoms with Crippen molar-refractivity contribution in [1.29, 1.82) is 0 Å². The van der Waals surface area contributed by atoms with Crippen LogP contribution in [0.4, 0.5) is 10.2 Å². The first kappa shape index (κ1) is 24.8. The van der Waals surface area contributed by atoms with Crippen LogP contribution in [-0.2, 0) is 0 Å². The van der Waals surface area contributed by atoms with Crippen LogP contribution >= 0.6 is 11.6 Å². The van der Waals surface area contributed by atoms with Crippen LogP contribution in [0, 0.1) is 11.7 Å². The van der Waals surface area contributed by atoms with Gasteiger partial charge < -0.3 is 25.4 Å². The number of piperazine rings is 1. The van der Waals surface area contributed by atoms with E-state index < -0.39 is 5.82 Å². The molecule has 3 aliphatic rings. The molecule has 0 spiro atoms. The second-order valence-corrected chi connectivity index (χ2v) is 11.9. The Morgan fingerprint density at radius 2 is 2.05 bits per heavy atom. The van der Waals surface area contributed by atoms with E-state index in [0.29, 0.717) is 35.3 Å². The molecule has 1 unspecified atom stereocenters. The highest BCUT2D eigenvalue weighted by Crippen LogP contribution is 2.43. The minimum absolute atomic E-state index is 0.0283. The minimum Gasteiger partial charge on any atom is -0.508 e. The van der Waals surface area contributed by atoms with E-state index >= 15 is 4.39 Å². The molecule has 7 nitrogen and oxygen atoms in total. The lowest BCUT2D eigenvalue weighted by Gasteiger charge is -2.40. The van der Waals surface area contributed by atoms with Crippen LogP contribution in [0.5, 0.6) is 11.8 Å². The lowest BCUT2D eigenvalue weighted by molar-refractivity contribution is 0.242. The molecule has 0 saturated carbocycles. The van der Waals surface area contributed by atoms with Crippen molar-refractivity contribution in [2.45, 2.75) is 37.8 Å². The number of hydrogen-bond acceptors (Lipinski definition) is 7. The maximum atomic E-state index is 16.6. The van der Waals surface area contributed by atoms with E-state index in [0.717, 1.165) is 56.2 Å². The fourth-order valence-corrected chi connectivity index (χ4v) is 6.86. The molecule has 3 aliphatic heterocycles. The molecule has 3 N–H and O–H groups in total. The SMILES string of the molecule is C[C@]12CCC(CN(c3nc(OC[C@@H]4CCNC4)nc4c(F)c(-c5cc(O)cc6ccccc56)c(Cl)cc34)C1)N2. The zero-order valence-corrected chi connectivity index (χ0v) is 22.6. The topological polar surface area (TPSA) is 82.5 Å². The van der Waals surface area contributed by atoms with Gasteiger partial charge in [-0.3, -0.25) is 0 Å². The summed E-state index contributed by atoms with van der Waals surface area (Å²) in [7, 11) is 0. The molecular weight excluding hydrogens is 517 g/mol. The van der Waals surface area contributed by atoms with Gasteiger partial charge in [0.2, 0.25) is 0 Å². The molecule has 0 amide bonds. The molecule has 3 atom stereocenters. The second kappa shape index (κ2) is 9.47. The van der Waals surface area contributed by atoms with Gasteiger partial charge in [0.25, 0.3) is 0 Å². The highest BCUT2D eigenvalue weighted by Gasteiger charge is 2.42. The normalized spacial score (nSPS) is 24.6. The number of ether oxygens (including phenoxy) is 1. The van der Waals surface area contributed by atoms with E-state index in [1.165, 1.54) is 0 Å². The maximum absolute atomic E-state index is 16.6. The molecule has 9 heteroatoms. The number of phenolic OH excluding ortho intramolecular Hbond substituents is 1. The Balaban J connectivity index is 1.40. The van der Waals surface area contributed by atoms with Gasteiger partial charge in [-0.15, -0.1) is 0 Å². The quantitative estimate of drug-likeness (QED) is 0.314. The van der Waals surface area contributed by atoms with Crippen molar-refractivity contribution >= 4 is 39.1 Å². The minimum atomic E-state index is -0.548. The lowest BCUT2D eigenvalue weighted by Crippen LogP contribution is -2.58. The fraction of sp³-hybridized carbons (Fsp3) is 0.400. The summed E-state index contributed by atoms with van der Waals surface area (Å²) in [4.78, 5) is 11.7. The van der Waals surface area contributed by atoms with E-state index in [-0.39, 0.29) is 33.4 Å². The molecule has 0 aliphatic carbocycles. The third kappa shape index (κ3) is 4.44. The summed E-state index contributed by atoms with van der Waals surface area (Å²) < 4.78 is 22.7. The van der Waals surface area contributed by atoms with Gasteiger partial charge in [-0.2, -0.15) is 9.97 Å². The number of aromatic nitrogens is 2. The van der Waals surface area contributed by atoms with Crippen molar-refractivity contribution in [3.05, 3.63) is 53.3 Å². The van der Waals surface area contributed by atoms with Gasteiger partial charge >= 0.3 is 6.01 Å². The van der Waals surface area contributed by atoms with E-state index in [1.807, 2.05) is 24.3 Å². The molecule has 4 heterocycles. The van der Waals surface area contributed by atoms with E-state index in [4.69, 9.17) is 21.3 Å². The van der Waals surface area contributed by atoms with E-state index in [2.05, 4.69) is 27.4 Å². The standard InChI is InChI=1S/C30H31ClFN5O2/c1-30-8-6-19(36-30)14-37(16-30)28-23-12-24(31)25(22-11-20(38)10-18-4-2-3-5-21(18)22)26(32)27(23)34-29(35-28)39-15-17-7-9-33-13-17/h2-5,10-12,17,19,33,36,38H,6-9,13-16H2,1H3/t17-,19?,30+/m1/s1. The summed E-state index contributed by atoms with van der Waals surface area (Å²) in [6, 6.07) is 13.1. The largest absolute Gasteiger partial charge is 0.508 e. The molecule has 4 aromatic rings. The fourth-order valence-electron chi connectivity index (χ4n) is 6.57. The maximum Gasteiger partial charge on any atom is 0.319 e. The molecule has 1 aromatic heterocycles. The first-order valence-electron chi connectivity index (χ1n) is 13.6. The zero-order valence-electron chi connectivity index (χ0n) is 21.8. The molecule has 3 saturated heterocycles. The van der Waals surface area contributed by atoms with Crippen molar-refractivity contribution < 1.29 is 14.2 Å². The molecule has 0 radical (unpaired) electrons. The molecule has 7 rings (SSSR count). The summed E-state index contributed by atoms with van der Waals surface area (Å²) >= 11 is 6.84. The molecule has 3 aromatic carbocycles. The van der Waals surface area contributed by atoms with Gasteiger partial charge in [-0.25, -0.2) is 4.39 Å². The number of halogens is 2. The average Bonchev–Trinajstić information content (AvgIpc) is 3.53. The van der Waals surface area contributed by atoms with Crippen molar-refractivity contribution in [2.75, 3.05) is 37.7 Å². The lowest BCUT2D eigenvalue weighted by atomic mass is 9.96. The first-order chi connectivity index (χ1) is 18.9. The Hall–Kier alpha value is -3.20. The summed E-state index contributed by atoms with van der Waals surface area (Å²) in [5.74, 6) is 0.508. The van der Waals surface area contributed by atoms with Crippen molar-refractivity contribution in [3.8, 4) is 22.9 Å². The van der Waals surface area contributed by atoms with E-state index in [9.17, 15) is 5.11 Å². The highest BCUT2D eigenvalue weighted by atomic mass is 35.5. The summed E-state index contributed by atoms with van der Waals surface area (Å²) in [6.45, 7) is 6.07. The molecule has 2 bridgehead atoms. The second-order valence-electron chi connectivity index (χ2n) is 11.5. The summed E-state index contributed by atoms with van der Waals surface area (Å²) in [6.07, 6.45) is 3.20. The first-order valence-corrected chi connectivity index (χ1v) is 14.0. The Kier molecular flexibility index (Phi) is 6.02. The zero-order chi connectivity index (χ0) is 26.7. The van der Waals surface area contributed by atoms with Crippen LogP contribution in [-0.4, -0.2) is 59.4 Å². The van der Waals surface area contributed by atoms with Crippen LogP contribution in [0.3, 0.4) is 0 Å². The Morgan fingerprint density at radius 3 is 2.87 bits per heavy atom. The van der Waals surface area contributed by atoms with Gasteiger partial charge in [0.15, 0.2) is 5.82 Å². The average molecular weight is 548 g/mol. The third-order valence-corrected chi connectivity index (χ3v) is 8.74. The molecule has 202 valence electrons. The van der Waals surface area contributed by atoms with Crippen LogP contribution in [0.2, 0.25) is 5.02 Å². The summed E-state index contributed by atoms with van der Waals surface area (Å²) in [5, 5.41) is 19.9. The number of nitrogens with one attached hydrogen (secondary N) is 2.